The molecule has 1 unspecified atom stereocenters. The van der Waals surface area contributed by atoms with Crippen LogP contribution in [0.15, 0.2) is 65.5 Å². The van der Waals surface area contributed by atoms with Gasteiger partial charge in [0.1, 0.15) is 5.92 Å². The van der Waals surface area contributed by atoms with Crippen LogP contribution in [0.3, 0.4) is 0 Å². The van der Waals surface area contributed by atoms with E-state index in [0.717, 1.165) is 5.56 Å². The van der Waals surface area contributed by atoms with E-state index in [-0.39, 0.29) is 11.5 Å². The van der Waals surface area contributed by atoms with Crippen LogP contribution in [-0.2, 0) is 0 Å². The number of nitro groups is 1. The number of nitrogens with one attached hydrogen (secondary N) is 1. The van der Waals surface area contributed by atoms with Crippen LogP contribution in [0.2, 0.25) is 5.02 Å². The molecule has 0 radical (unpaired) electrons. The predicted octanol–water partition coefficient (Wildman–Crippen LogP) is 4.14. The Bertz CT molecular complexity index is 990. The van der Waals surface area contributed by atoms with E-state index >= 15 is 0 Å². The largest absolute Gasteiger partial charge is 0.353 e. The minimum Gasteiger partial charge on any atom is -0.353 e. The van der Waals surface area contributed by atoms with Crippen molar-refractivity contribution in [1.29, 1.82) is 0 Å². The van der Waals surface area contributed by atoms with Gasteiger partial charge < -0.3 is 5.32 Å². The summed E-state index contributed by atoms with van der Waals surface area (Å²) < 4.78 is 0. The number of hydrogen-bond donors (Lipinski definition) is 1. The molecule has 2 aromatic carbocycles. The molecule has 2 aromatic rings. The van der Waals surface area contributed by atoms with E-state index < -0.39 is 10.8 Å². The van der Waals surface area contributed by atoms with Crippen molar-refractivity contribution in [2.24, 2.45) is 0 Å². The Morgan fingerprint density at radius 3 is 2.36 bits per heavy atom. The molecule has 1 N–H and O–H groups in total. The molecule has 1 aliphatic heterocycles. The highest BCUT2D eigenvalue weighted by Crippen LogP contribution is 2.46. The summed E-state index contributed by atoms with van der Waals surface area (Å²) in [6.45, 7) is 1.66. The maximum absolute atomic E-state index is 13.0. The van der Waals surface area contributed by atoms with E-state index in [0.29, 0.717) is 33.1 Å². The number of ketones is 1. The van der Waals surface area contributed by atoms with Gasteiger partial charge in [0.15, 0.2) is 5.78 Å². The Morgan fingerprint density at radius 1 is 1.08 bits per heavy atom. The normalized spacial score (nSPS) is 18.8. The fourth-order valence-corrected chi connectivity index (χ4v) is 3.67. The second-order valence-corrected chi connectivity index (χ2v) is 6.48. The molecule has 6 heteroatoms. The first kappa shape index (κ1) is 15.6. The van der Waals surface area contributed by atoms with Gasteiger partial charge in [-0.2, -0.15) is 0 Å². The van der Waals surface area contributed by atoms with E-state index in [4.69, 9.17) is 11.6 Å². The SMILES string of the molecule is CC1=C([N+](=O)[O-])C(c2ccc(Cl)cc2)C2=C(N1)c1ccccc1C2=O. The van der Waals surface area contributed by atoms with Crippen molar-refractivity contribution in [3.63, 3.8) is 0 Å². The molecule has 1 aliphatic carbocycles. The smallest absolute Gasteiger partial charge is 0.276 e. The van der Waals surface area contributed by atoms with Crippen molar-refractivity contribution in [2.75, 3.05) is 0 Å². The monoisotopic (exact) mass is 352 g/mol. The van der Waals surface area contributed by atoms with Gasteiger partial charge in [0, 0.05) is 21.7 Å². The first-order valence-corrected chi connectivity index (χ1v) is 8.12. The summed E-state index contributed by atoms with van der Waals surface area (Å²) in [5, 5.41) is 15.3. The van der Waals surface area contributed by atoms with E-state index in [1.807, 2.05) is 12.1 Å². The van der Waals surface area contributed by atoms with Crippen LogP contribution in [0.1, 0.15) is 34.3 Å². The molecule has 0 saturated heterocycles. The molecular formula is C19H13ClN2O3. The van der Waals surface area contributed by atoms with Crippen LogP contribution in [0, 0.1) is 10.1 Å². The summed E-state index contributed by atoms with van der Waals surface area (Å²) in [5.41, 5.74) is 3.52. The average Bonchev–Trinajstić information content (AvgIpc) is 2.87. The number of rotatable bonds is 2. The number of halogens is 1. The van der Waals surface area contributed by atoms with Gasteiger partial charge in [-0.25, -0.2) is 0 Å². The van der Waals surface area contributed by atoms with Crippen molar-refractivity contribution in [3.8, 4) is 0 Å². The van der Waals surface area contributed by atoms with Gasteiger partial charge in [0.2, 0.25) is 0 Å². The Kier molecular flexibility index (Phi) is 3.47. The molecule has 5 nitrogen and oxygen atoms in total. The second kappa shape index (κ2) is 5.57. The van der Waals surface area contributed by atoms with Gasteiger partial charge in [-0.05, 0) is 24.6 Å². The lowest BCUT2D eigenvalue weighted by Crippen LogP contribution is -2.28. The van der Waals surface area contributed by atoms with Gasteiger partial charge in [-0.1, -0.05) is 48.0 Å². The van der Waals surface area contributed by atoms with E-state index in [9.17, 15) is 14.9 Å². The third kappa shape index (κ3) is 2.27. The number of fused-ring (bicyclic) bond motifs is 2. The van der Waals surface area contributed by atoms with Gasteiger partial charge in [0.25, 0.3) is 5.70 Å². The van der Waals surface area contributed by atoms with Crippen molar-refractivity contribution in [2.45, 2.75) is 12.8 Å². The van der Waals surface area contributed by atoms with Crippen molar-refractivity contribution < 1.29 is 9.72 Å². The lowest BCUT2D eigenvalue weighted by atomic mass is 9.83. The van der Waals surface area contributed by atoms with Crippen molar-refractivity contribution in [3.05, 3.63) is 97.3 Å². The molecule has 0 amide bonds. The molecule has 4 rings (SSSR count). The molecule has 0 spiro atoms. The minimum absolute atomic E-state index is 0.0118. The highest BCUT2D eigenvalue weighted by Gasteiger charge is 2.45. The fourth-order valence-electron chi connectivity index (χ4n) is 3.54. The number of carbonyl (C=O) groups excluding carboxylic acids is 1. The Hall–Kier alpha value is -2.92. The van der Waals surface area contributed by atoms with Crippen LogP contribution in [-0.4, -0.2) is 10.7 Å². The number of Topliss-reactive ketones (excluding diaryl/α,β-unsaturated/α-hetero) is 1. The van der Waals surface area contributed by atoms with Crippen molar-refractivity contribution >= 4 is 23.1 Å². The lowest BCUT2D eigenvalue weighted by molar-refractivity contribution is -0.430. The van der Waals surface area contributed by atoms with Crippen LogP contribution < -0.4 is 5.32 Å². The zero-order valence-electron chi connectivity index (χ0n) is 13.2. The van der Waals surface area contributed by atoms with E-state index in [1.165, 1.54) is 0 Å². The highest BCUT2D eigenvalue weighted by atomic mass is 35.5. The Balaban J connectivity index is 1.96. The quantitative estimate of drug-likeness (QED) is 0.651. The number of benzene rings is 2. The third-order valence-electron chi connectivity index (χ3n) is 4.61. The molecule has 0 fully saturated rings. The molecule has 0 saturated carbocycles. The molecule has 0 aromatic heterocycles. The summed E-state index contributed by atoms with van der Waals surface area (Å²) in [4.78, 5) is 24.3. The molecular weight excluding hydrogens is 340 g/mol. The number of hydrogen-bond acceptors (Lipinski definition) is 4. The molecule has 1 heterocycles. The van der Waals surface area contributed by atoms with Crippen LogP contribution in [0.4, 0.5) is 0 Å². The zero-order chi connectivity index (χ0) is 17.7. The molecule has 2 aliphatic rings. The summed E-state index contributed by atoms with van der Waals surface area (Å²) in [5.74, 6) is -0.909. The molecule has 124 valence electrons. The van der Waals surface area contributed by atoms with Gasteiger partial charge in [0.05, 0.1) is 16.3 Å². The van der Waals surface area contributed by atoms with Gasteiger partial charge in [-0.15, -0.1) is 0 Å². The molecule has 1 atom stereocenters. The maximum atomic E-state index is 13.0. The lowest BCUT2D eigenvalue weighted by Gasteiger charge is -2.24. The fraction of sp³-hybridized carbons (Fsp3) is 0.105. The standard InChI is InChI=1S/C19H13ClN2O3/c1-10-18(22(24)25)15(11-6-8-12(20)9-7-11)16-17(21-10)13-4-2-3-5-14(13)19(16)23/h2-9,15,21H,1H3. The number of nitrogens with zero attached hydrogens (tertiary/aromatic N) is 1. The maximum Gasteiger partial charge on any atom is 0.276 e. The highest BCUT2D eigenvalue weighted by molar-refractivity contribution is 6.30. The molecule has 25 heavy (non-hydrogen) atoms. The number of dihydropyridines is 1. The van der Waals surface area contributed by atoms with Crippen LogP contribution >= 0.6 is 11.6 Å². The summed E-state index contributed by atoms with van der Waals surface area (Å²) in [6.07, 6.45) is 0. The van der Waals surface area contributed by atoms with Gasteiger partial charge in [-0.3, -0.25) is 14.9 Å². The summed E-state index contributed by atoms with van der Waals surface area (Å²) in [7, 11) is 0. The third-order valence-corrected chi connectivity index (χ3v) is 4.87. The van der Waals surface area contributed by atoms with Crippen LogP contribution in [0.5, 0.6) is 0 Å². The second-order valence-electron chi connectivity index (χ2n) is 6.04. The summed E-state index contributed by atoms with van der Waals surface area (Å²) >= 11 is 5.95. The van der Waals surface area contributed by atoms with Gasteiger partial charge >= 0.3 is 0 Å². The number of carbonyl (C=O) groups is 1. The average molecular weight is 353 g/mol. The van der Waals surface area contributed by atoms with E-state index in [1.54, 1.807) is 43.3 Å². The summed E-state index contributed by atoms with van der Waals surface area (Å²) in [6, 6.07) is 14.1. The topological polar surface area (TPSA) is 72.2 Å². The van der Waals surface area contributed by atoms with Crippen molar-refractivity contribution in [1.82, 2.24) is 5.32 Å². The molecule has 0 bridgehead atoms. The predicted molar refractivity (Wildman–Crippen MR) is 94.7 cm³/mol. The zero-order valence-corrected chi connectivity index (χ0v) is 14.0. The van der Waals surface area contributed by atoms with E-state index in [2.05, 4.69) is 5.32 Å². The number of allylic oxidation sites excluding steroid dienone is 2. The first-order chi connectivity index (χ1) is 12.0. The first-order valence-electron chi connectivity index (χ1n) is 7.75. The minimum atomic E-state index is -0.733. The Morgan fingerprint density at radius 2 is 1.72 bits per heavy atom. The Labute approximate surface area is 148 Å². The van der Waals surface area contributed by atoms with Crippen LogP contribution in [0.25, 0.3) is 5.70 Å².